The number of thioether (sulfide) groups is 1. The summed E-state index contributed by atoms with van der Waals surface area (Å²) in [5.74, 6) is 1.29. The molecule has 1 aliphatic heterocycles. The summed E-state index contributed by atoms with van der Waals surface area (Å²) >= 11 is 14.8. The van der Waals surface area contributed by atoms with Crippen molar-refractivity contribution in [3.05, 3.63) is 69.5 Å². The highest BCUT2D eigenvalue weighted by Crippen LogP contribution is 2.37. The summed E-state index contributed by atoms with van der Waals surface area (Å²) in [6.07, 6.45) is 1.67. The molecular formula is C27H31Cl2N5O2S. The minimum atomic E-state index is -0.422. The summed E-state index contributed by atoms with van der Waals surface area (Å²) < 4.78 is 6.96. The summed E-state index contributed by atoms with van der Waals surface area (Å²) in [6.45, 7) is 7.48. The van der Waals surface area contributed by atoms with Crippen LogP contribution in [0.5, 0.6) is 0 Å². The average molecular weight is 561 g/mol. The van der Waals surface area contributed by atoms with Crippen LogP contribution in [0.25, 0.3) is 5.69 Å². The summed E-state index contributed by atoms with van der Waals surface area (Å²) in [4.78, 5) is 19.6. The van der Waals surface area contributed by atoms with Crippen molar-refractivity contribution in [2.75, 3.05) is 32.5 Å². The summed E-state index contributed by atoms with van der Waals surface area (Å²) in [5, 5.41) is 11.1. The monoisotopic (exact) mass is 559 g/mol. The van der Waals surface area contributed by atoms with Gasteiger partial charge in [-0.2, -0.15) is 0 Å². The molecule has 0 spiro atoms. The van der Waals surface area contributed by atoms with E-state index in [9.17, 15) is 4.79 Å². The van der Waals surface area contributed by atoms with Gasteiger partial charge in [0.05, 0.1) is 18.5 Å². The van der Waals surface area contributed by atoms with E-state index in [2.05, 4.69) is 33.5 Å². The van der Waals surface area contributed by atoms with Crippen LogP contribution in [-0.4, -0.2) is 63.8 Å². The van der Waals surface area contributed by atoms with Gasteiger partial charge in [0.1, 0.15) is 6.04 Å². The van der Waals surface area contributed by atoms with Crippen molar-refractivity contribution < 1.29 is 9.53 Å². The van der Waals surface area contributed by atoms with Crippen molar-refractivity contribution in [2.24, 2.45) is 4.99 Å². The molecule has 0 saturated carbocycles. The van der Waals surface area contributed by atoms with Gasteiger partial charge in [-0.25, -0.2) is 0 Å². The van der Waals surface area contributed by atoms with Crippen LogP contribution in [0.4, 0.5) is 0 Å². The predicted molar refractivity (Wildman–Crippen MR) is 151 cm³/mol. The molecule has 4 rings (SSSR count). The lowest BCUT2D eigenvalue weighted by Crippen LogP contribution is -2.24. The van der Waals surface area contributed by atoms with Gasteiger partial charge in [-0.3, -0.25) is 14.4 Å². The van der Waals surface area contributed by atoms with E-state index in [0.29, 0.717) is 28.0 Å². The fraction of sp³-hybridized carbons (Fsp3) is 0.407. The lowest BCUT2D eigenvalue weighted by Gasteiger charge is -2.17. The Kier molecular flexibility index (Phi) is 9.65. The lowest BCUT2D eigenvalue weighted by atomic mass is 10.00. The number of ether oxygens (including phenoxy) is 1. The van der Waals surface area contributed by atoms with Crippen LogP contribution in [0.2, 0.25) is 10.0 Å². The first kappa shape index (κ1) is 27.6. The van der Waals surface area contributed by atoms with Crippen LogP contribution in [0.3, 0.4) is 0 Å². The lowest BCUT2D eigenvalue weighted by molar-refractivity contribution is -0.140. The Balaban J connectivity index is 1.77. The number of carbonyl (C=O) groups excluding carboxylic acids is 1. The third-order valence-corrected chi connectivity index (χ3v) is 8.00. The van der Waals surface area contributed by atoms with Gasteiger partial charge >= 0.3 is 5.97 Å². The second-order valence-electron chi connectivity index (χ2n) is 8.65. The number of hydrogen-bond acceptors (Lipinski definition) is 7. The summed E-state index contributed by atoms with van der Waals surface area (Å²) in [7, 11) is 1.39. The predicted octanol–water partition coefficient (Wildman–Crippen LogP) is 6.24. The molecule has 37 heavy (non-hydrogen) atoms. The highest BCUT2D eigenvalue weighted by atomic mass is 35.5. The Hall–Kier alpha value is -2.39. The van der Waals surface area contributed by atoms with Gasteiger partial charge in [0.25, 0.3) is 0 Å². The van der Waals surface area contributed by atoms with Gasteiger partial charge in [0.15, 0.2) is 11.0 Å². The Morgan fingerprint density at radius 1 is 1.11 bits per heavy atom. The molecule has 1 aliphatic rings. The van der Waals surface area contributed by atoms with Crippen LogP contribution < -0.4 is 0 Å². The van der Waals surface area contributed by atoms with Crippen LogP contribution in [0.1, 0.15) is 56.1 Å². The third kappa shape index (κ3) is 6.37. The second-order valence-corrected chi connectivity index (χ2v) is 10.6. The van der Waals surface area contributed by atoms with Crippen LogP contribution >= 0.6 is 35.0 Å². The van der Waals surface area contributed by atoms with Crippen molar-refractivity contribution in [1.82, 2.24) is 19.7 Å². The standard InChI is InChI=1S/C27H31Cl2N5O2S/c1-4-33(5-2)15-8-16-37-27-32-31-26-22(12-14-24(35)36-3)30-25(19-9-6-7-10-21(19)29)20-17-18(28)11-13-23(20)34(26)27/h6-7,9-11,13,17,22H,4-5,8,12,14-16H2,1-3H3/t22-/m0/s1. The molecule has 0 bridgehead atoms. The molecule has 1 aromatic heterocycles. The number of benzene rings is 2. The fourth-order valence-electron chi connectivity index (χ4n) is 4.40. The van der Waals surface area contributed by atoms with Crippen LogP contribution in [0.15, 0.2) is 52.6 Å². The topological polar surface area (TPSA) is 72.6 Å². The number of rotatable bonds is 11. The molecule has 0 amide bonds. The molecule has 0 unspecified atom stereocenters. The first-order valence-electron chi connectivity index (χ1n) is 12.5. The number of esters is 1. The molecule has 196 valence electrons. The van der Waals surface area contributed by atoms with Crippen LogP contribution in [0, 0.1) is 0 Å². The molecule has 0 radical (unpaired) electrons. The zero-order chi connectivity index (χ0) is 26.4. The number of carbonyl (C=O) groups is 1. The maximum atomic E-state index is 12.0. The molecule has 2 aromatic carbocycles. The number of methoxy groups -OCH3 is 1. The first-order valence-corrected chi connectivity index (χ1v) is 14.2. The van der Waals surface area contributed by atoms with E-state index in [-0.39, 0.29) is 12.4 Å². The highest BCUT2D eigenvalue weighted by Gasteiger charge is 2.30. The number of nitrogens with zero attached hydrogens (tertiary/aromatic N) is 5. The molecule has 0 saturated heterocycles. The van der Waals surface area contributed by atoms with E-state index >= 15 is 0 Å². The van der Waals surface area contributed by atoms with E-state index in [1.54, 1.807) is 11.8 Å². The first-order chi connectivity index (χ1) is 18.0. The average Bonchev–Trinajstić information content (AvgIpc) is 3.27. The van der Waals surface area contributed by atoms with E-state index in [0.717, 1.165) is 53.8 Å². The molecule has 1 atom stereocenters. The molecule has 0 fully saturated rings. The van der Waals surface area contributed by atoms with Crippen molar-refractivity contribution in [3.63, 3.8) is 0 Å². The SMILES string of the molecule is CCN(CC)CCCSc1nnc2n1-c1ccc(Cl)cc1C(c1ccccc1Cl)=N[C@H]2CCC(=O)OC. The Labute approximate surface area is 232 Å². The smallest absolute Gasteiger partial charge is 0.305 e. The van der Waals surface area contributed by atoms with Crippen molar-refractivity contribution in [1.29, 1.82) is 0 Å². The van der Waals surface area contributed by atoms with E-state index < -0.39 is 6.04 Å². The van der Waals surface area contributed by atoms with Crippen molar-refractivity contribution >= 4 is 46.6 Å². The molecule has 0 N–H and O–H groups in total. The Bertz CT molecular complexity index is 1280. The molecule has 0 aliphatic carbocycles. The van der Waals surface area contributed by atoms with Gasteiger partial charge < -0.3 is 9.64 Å². The molecule has 10 heteroatoms. The number of aromatic nitrogens is 3. The van der Waals surface area contributed by atoms with Gasteiger partial charge in [-0.1, -0.05) is 67.0 Å². The van der Waals surface area contributed by atoms with Gasteiger partial charge in [0.2, 0.25) is 0 Å². The number of hydrogen-bond donors (Lipinski definition) is 0. The minimum absolute atomic E-state index is 0.205. The number of fused-ring (bicyclic) bond motifs is 3. The van der Waals surface area contributed by atoms with Crippen molar-refractivity contribution in [3.8, 4) is 5.69 Å². The normalized spacial score (nSPS) is 14.6. The zero-order valence-corrected chi connectivity index (χ0v) is 23.6. The van der Waals surface area contributed by atoms with Crippen molar-refractivity contribution in [2.45, 2.75) is 44.3 Å². The third-order valence-electron chi connectivity index (χ3n) is 6.42. The maximum Gasteiger partial charge on any atom is 0.305 e. The fourth-order valence-corrected chi connectivity index (χ4v) is 5.68. The minimum Gasteiger partial charge on any atom is -0.469 e. The Morgan fingerprint density at radius 3 is 2.62 bits per heavy atom. The highest BCUT2D eigenvalue weighted by molar-refractivity contribution is 7.99. The summed E-state index contributed by atoms with van der Waals surface area (Å²) in [5.41, 5.74) is 3.23. The molecule has 2 heterocycles. The van der Waals surface area contributed by atoms with E-state index in [1.807, 2.05) is 42.5 Å². The van der Waals surface area contributed by atoms with Gasteiger partial charge in [-0.05, 0) is 56.7 Å². The molecule has 3 aromatic rings. The largest absolute Gasteiger partial charge is 0.469 e. The van der Waals surface area contributed by atoms with Gasteiger partial charge in [0, 0.05) is 33.3 Å². The molecular weight excluding hydrogens is 529 g/mol. The van der Waals surface area contributed by atoms with Gasteiger partial charge in [-0.15, -0.1) is 10.2 Å². The maximum absolute atomic E-state index is 12.0. The zero-order valence-electron chi connectivity index (χ0n) is 21.3. The summed E-state index contributed by atoms with van der Waals surface area (Å²) in [6, 6.07) is 12.9. The number of aliphatic imine (C=N–C) groups is 1. The van der Waals surface area contributed by atoms with E-state index in [1.165, 1.54) is 7.11 Å². The Morgan fingerprint density at radius 2 is 1.89 bits per heavy atom. The van der Waals surface area contributed by atoms with E-state index in [4.69, 9.17) is 32.9 Å². The molecule has 7 nitrogen and oxygen atoms in total. The quantitative estimate of drug-likeness (QED) is 0.157. The second kappa shape index (κ2) is 12.9. The van der Waals surface area contributed by atoms with Crippen LogP contribution in [-0.2, 0) is 9.53 Å². The number of halogens is 2.